The van der Waals surface area contributed by atoms with Gasteiger partial charge in [0.05, 0.1) is 12.4 Å². The van der Waals surface area contributed by atoms with Crippen LogP contribution in [0.3, 0.4) is 0 Å². The van der Waals surface area contributed by atoms with E-state index in [1.807, 2.05) is 25.1 Å². The molecule has 0 bridgehead atoms. The third-order valence-corrected chi connectivity index (χ3v) is 3.29. The van der Waals surface area contributed by atoms with Gasteiger partial charge in [0.2, 0.25) is 0 Å². The van der Waals surface area contributed by atoms with Gasteiger partial charge in [0.15, 0.2) is 0 Å². The lowest BCUT2D eigenvalue weighted by atomic mass is 9.98. The van der Waals surface area contributed by atoms with E-state index in [0.717, 1.165) is 16.8 Å². The lowest BCUT2D eigenvalue weighted by Gasteiger charge is -2.16. The van der Waals surface area contributed by atoms with Crippen molar-refractivity contribution in [3.63, 3.8) is 0 Å². The molecule has 0 unspecified atom stereocenters. The molecule has 0 atom stereocenters. The second-order valence-electron chi connectivity index (χ2n) is 5.19. The molecule has 2 aromatic rings. The van der Waals surface area contributed by atoms with E-state index >= 15 is 0 Å². The van der Waals surface area contributed by atoms with Crippen LogP contribution >= 0.6 is 0 Å². The SMILES string of the molecule is CNc1cncc(C(=O)Nc2c(C)cccc2C(C)C)n1. The summed E-state index contributed by atoms with van der Waals surface area (Å²) in [6, 6.07) is 6.02. The molecule has 1 heterocycles. The van der Waals surface area contributed by atoms with Gasteiger partial charge in [-0.05, 0) is 24.0 Å². The van der Waals surface area contributed by atoms with E-state index in [4.69, 9.17) is 0 Å². The first-order chi connectivity index (χ1) is 10.0. The predicted octanol–water partition coefficient (Wildman–Crippen LogP) is 3.20. The lowest BCUT2D eigenvalue weighted by Crippen LogP contribution is -2.17. The molecule has 5 nitrogen and oxygen atoms in total. The third kappa shape index (κ3) is 3.37. The number of anilines is 2. The first kappa shape index (κ1) is 15.0. The number of carbonyl (C=O) groups excluding carboxylic acids is 1. The van der Waals surface area contributed by atoms with Crippen LogP contribution in [0.1, 0.15) is 41.4 Å². The van der Waals surface area contributed by atoms with E-state index in [9.17, 15) is 4.79 Å². The molecule has 0 radical (unpaired) electrons. The van der Waals surface area contributed by atoms with Crippen molar-refractivity contribution in [2.45, 2.75) is 26.7 Å². The zero-order valence-electron chi connectivity index (χ0n) is 12.8. The number of aryl methyl sites for hydroxylation is 1. The summed E-state index contributed by atoms with van der Waals surface area (Å²) in [5.41, 5.74) is 3.29. The van der Waals surface area contributed by atoms with E-state index in [1.54, 1.807) is 13.2 Å². The van der Waals surface area contributed by atoms with Crippen molar-refractivity contribution in [3.8, 4) is 0 Å². The predicted molar refractivity (Wildman–Crippen MR) is 84.8 cm³/mol. The van der Waals surface area contributed by atoms with E-state index in [0.29, 0.717) is 17.4 Å². The molecule has 0 aliphatic rings. The second kappa shape index (κ2) is 6.35. The van der Waals surface area contributed by atoms with Gasteiger partial charge in [0.1, 0.15) is 11.5 Å². The van der Waals surface area contributed by atoms with Gasteiger partial charge in [0.25, 0.3) is 5.91 Å². The maximum absolute atomic E-state index is 12.4. The Balaban J connectivity index is 2.31. The number of hydrogen-bond acceptors (Lipinski definition) is 4. The topological polar surface area (TPSA) is 66.9 Å². The Morgan fingerprint density at radius 3 is 2.67 bits per heavy atom. The van der Waals surface area contributed by atoms with Gasteiger partial charge in [-0.25, -0.2) is 4.98 Å². The van der Waals surface area contributed by atoms with Crippen LogP contribution in [0.5, 0.6) is 0 Å². The van der Waals surface area contributed by atoms with Crippen molar-refractivity contribution >= 4 is 17.4 Å². The number of rotatable bonds is 4. The van der Waals surface area contributed by atoms with Gasteiger partial charge in [-0.3, -0.25) is 9.78 Å². The average Bonchev–Trinajstić information content (AvgIpc) is 2.49. The number of para-hydroxylation sites is 1. The minimum Gasteiger partial charge on any atom is -0.372 e. The highest BCUT2D eigenvalue weighted by atomic mass is 16.1. The van der Waals surface area contributed by atoms with Crippen LogP contribution < -0.4 is 10.6 Å². The molecule has 2 N–H and O–H groups in total. The maximum Gasteiger partial charge on any atom is 0.275 e. The van der Waals surface area contributed by atoms with Gasteiger partial charge in [-0.1, -0.05) is 32.0 Å². The van der Waals surface area contributed by atoms with Gasteiger partial charge >= 0.3 is 0 Å². The van der Waals surface area contributed by atoms with Crippen LogP contribution in [0.15, 0.2) is 30.6 Å². The fraction of sp³-hybridized carbons (Fsp3) is 0.312. The standard InChI is InChI=1S/C16H20N4O/c1-10(2)12-7-5-6-11(3)15(12)20-16(21)13-8-18-9-14(17-4)19-13/h5-10H,1-4H3,(H,17,19)(H,20,21). The molecule has 1 aromatic heterocycles. The van der Waals surface area contributed by atoms with E-state index in [-0.39, 0.29) is 5.91 Å². The third-order valence-electron chi connectivity index (χ3n) is 3.29. The normalized spacial score (nSPS) is 10.5. The smallest absolute Gasteiger partial charge is 0.275 e. The molecule has 0 aliphatic carbocycles. The molecule has 110 valence electrons. The molecule has 0 spiro atoms. The summed E-state index contributed by atoms with van der Waals surface area (Å²) in [5.74, 6) is 0.641. The molecule has 0 fully saturated rings. The maximum atomic E-state index is 12.4. The summed E-state index contributed by atoms with van der Waals surface area (Å²) < 4.78 is 0. The van der Waals surface area contributed by atoms with E-state index in [2.05, 4.69) is 34.4 Å². The Morgan fingerprint density at radius 1 is 1.24 bits per heavy atom. The van der Waals surface area contributed by atoms with Crippen LogP contribution in [0, 0.1) is 6.92 Å². The summed E-state index contributed by atoms with van der Waals surface area (Å²) in [6.45, 7) is 6.19. The van der Waals surface area contributed by atoms with E-state index < -0.39 is 0 Å². The Kier molecular flexibility index (Phi) is 4.52. The molecule has 0 saturated heterocycles. The summed E-state index contributed by atoms with van der Waals surface area (Å²) in [6.07, 6.45) is 3.04. The van der Waals surface area contributed by atoms with Gasteiger partial charge in [0, 0.05) is 12.7 Å². The zero-order valence-corrected chi connectivity index (χ0v) is 12.8. The monoisotopic (exact) mass is 284 g/mol. The number of nitrogens with zero attached hydrogens (tertiary/aromatic N) is 2. The molecular weight excluding hydrogens is 264 g/mol. The largest absolute Gasteiger partial charge is 0.372 e. The molecule has 1 aromatic carbocycles. The van der Waals surface area contributed by atoms with Gasteiger partial charge in [-0.2, -0.15) is 0 Å². The molecule has 5 heteroatoms. The number of hydrogen-bond donors (Lipinski definition) is 2. The summed E-state index contributed by atoms with van der Waals surface area (Å²) in [5, 5.41) is 5.83. The Labute approximate surface area is 124 Å². The number of amides is 1. The average molecular weight is 284 g/mol. The first-order valence-corrected chi connectivity index (χ1v) is 6.93. The first-order valence-electron chi connectivity index (χ1n) is 6.93. The molecule has 21 heavy (non-hydrogen) atoms. The Hall–Kier alpha value is -2.43. The van der Waals surface area contributed by atoms with Crippen molar-refractivity contribution in [1.29, 1.82) is 0 Å². The minimum atomic E-state index is -0.254. The van der Waals surface area contributed by atoms with Gasteiger partial charge < -0.3 is 10.6 Å². The molecule has 1 amide bonds. The number of benzene rings is 1. The second-order valence-corrected chi connectivity index (χ2v) is 5.19. The number of aromatic nitrogens is 2. The van der Waals surface area contributed by atoms with Crippen LogP contribution in [-0.2, 0) is 0 Å². The van der Waals surface area contributed by atoms with Crippen molar-refractivity contribution in [2.24, 2.45) is 0 Å². The van der Waals surface area contributed by atoms with Crippen molar-refractivity contribution in [1.82, 2.24) is 9.97 Å². The van der Waals surface area contributed by atoms with Crippen LogP contribution in [0.25, 0.3) is 0 Å². The highest BCUT2D eigenvalue weighted by Gasteiger charge is 2.14. The number of carbonyl (C=O) groups is 1. The Bertz CT molecular complexity index is 652. The fourth-order valence-corrected chi connectivity index (χ4v) is 2.12. The lowest BCUT2D eigenvalue weighted by molar-refractivity contribution is 0.102. The van der Waals surface area contributed by atoms with Crippen molar-refractivity contribution in [2.75, 3.05) is 17.7 Å². The van der Waals surface area contributed by atoms with Crippen LogP contribution in [0.2, 0.25) is 0 Å². The van der Waals surface area contributed by atoms with Crippen LogP contribution in [-0.4, -0.2) is 22.9 Å². The fourth-order valence-electron chi connectivity index (χ4n) is 2.12. The van der Waals surface area contributed by atoms with Crippen LogP contribution in [0.4, 0.5) is 11.5 Å². The van der Waals surface area contributed by atoms with Crippen molar-refractivity contribution < 1.29 is 4.79 Å². The number of nitrogens with one attached hydrogen (secondary N) is 2. The summed E-state index contributed by atoms with van der Waals surface area (Å²) in [4.78, 5) is 20.6. The molecule has 0 aliphatic heterocycles. The van der Waals surface area contributed by atoms with Gasteiger partial charge in [-0.15, -0.1) is 0 Å². The zero-order chi connectivity index (χ0) is 15.4. The molecular formula is C16H20N4O. The summed E-state index contributed by atoms with van der Waals surface area (Å²) >= 11 is 0. The minimum absolute atomic E-state index is 0.254. The summed E-state index contributed by atoms with van der Waals surface area (Å²) in [7, 11) is 1.74. The highest BCUT2D eigenvalue weighted by molar-refractivity contribution is 6.03. The highest BCUT2D eigenvalue weighted by Crippen LogP contribution is 2.27. The Morgan fingerprint density at radius 2 is 2.00 bits per heavy atom. The van der Waals surface area contributed by atoms with Crippen molar-refractivity contribution in [3.05, 3.63) is 47.4 Å². The molecule has 0 saturated carbocycles. The molecule has 2 rings (SSSR count). The quantitative estimate of drug-likeness (QED) is 0.904. The van der Waals surface area contributed by atoms with E-state index in [1.165, 1.54) is 6.20 Å².